The predicted octanol–water partition coefficient (Wildman–Crippen LogP) is 2.15. The summed E-state index contributed by atoms with van der Waals surface area (Å²) in [6, 6.07) is 8.43. The summed E-state index contributed by atoms with van der Waals surface area (Å²) in [5.74, 6) is 1.27. The maximum Gasteiger partial charge on any atom is 0.220 e. The smallest absolute Gasteiger partial charge is 0.220 e. The number of hydrogen-bond donors (Lipinski definition) is 2. The van der Waals surface area contributed by atoms with Crippen molar-refractivity contribution in [1.29, 1.82) is 0 Å². The average molecular weight is 248 g/mol. The quantitative estimate of drug-likeness (QED) is 0.810. The molecule has 0 heterocycles. The van der Waals surface area contributed by atoms with Crippen LogP contribution in [-0.4, -0.2) is 18.6 Å². The molecule has 0 radical (unpaired) electrons. The molecule has 0 aromatic heterocycles. The molecule has 4 heteroatoms. The minimum Gasteiger partial charge on any atom is -0.493 e. The van der Waals surface area contributed by atoms with E-state index in [9.17, 15) is 4.79 Å². The third-order valence-electron chi connectivity index (χ3n) is 3.22. The normalized spacial score (nSPS) is 22.1. The van der Waals surface area contributed by atoms with Crippen molar-refractivity contribution in [3.63, 3.8) is 0 Å². The van der Waals surface area contributed by atoms with Crippen molar-refractivity contribution in [2.24, 2.45) is 11.7 Å². The van der Waals surface area contributed by atoms with Gasteiger partial charge in [-0.25, -0.2) is 0 Å². The second-order valence-corrected chi connectivity index (χ2v) is 5.01. The number of ether oxygens (including phenoxy) is 1. The van der Waals surface area contributed by atoms with Crippen LogP contribution in [0.2, 0.25) is 0 Å². The molecular formula is C14H20N2O2. The Morgan fingerprint density at radius 1 is 1.39 bits per heavy atom. The molecule has 98 valence electrons. The number of rotatable bonds is 6. The monoisotopic (exact) mass is 248 g/mol. The number of anilines is 1. The van der Waals surface area contributed by atoms with E-state index in [1.807, 2.05) is 24.3 Å². The Hall–Kier alpha value is -1.71. The van der Waals surface area contributed by atoms with E-state index in [4.69, 9.17) is 10.5 Å². The lowest BCUT2D eigenvalue weighted by atomic mass is 9.82. The fourth-order valence-corrected chi connectivity index (χ4v) is 2.17. The fraction of sp³-hybridized carbons (Fsp3) is 0.500. The molecule has 1 aliphatic rings. The van der Waals surface area contributed by atoms with Gasteiger partial charge in [-0.2, -0.15) is 0 Å². The Morgan fingerprint density at radius 2 is 2.06 bits per heavy atom. The average Bonchev–Trinajstić information content (AvgIpc) is 2.29. The second-order valence-electron chi connectivity index (χ2n) is 5.01. The van der Waals surface area contributed by atoms with Crippen molar-refractivity contribution in [2.45, 2.75) is 32.2 Å². The third-order valence-corrected chi connectivity index (χ3v) is 3.22. The van der Waals surface area contributed by atoms with E-state index >= 15 is 0 Å². The van der Waals surface area contributed by atoms with Gasteiger partial charge in [0.15, 0.2) is 0 Å². The molecule has 1 amide bonds. The minimum atomic E-state index is -0.340. The Balaban J connectivity index is 1.76. The standard InChI is InChI=1S/C14H20N2O2/c1-10-8-12(9-10)16-11-2-4-13(5-3-11)18-7-6-14(15)17/h2-5,10,12,16H,6-9H2,1H3,(H2,15,17). The van der Waals surface area contributed by atoms with Crippen molar-refractivity contribution in [2.75, 3.05) is 11.9 Å². The van der Waals surface area contributed by atoms with E-state index in [2.05, 4.69) is 12.2 Å². The Bertz CT molecular complexity index is 397. The zero-order valence-electron chi connectivity index (χ0n) is 10.7. The number of primary amides is 1. The molecule has 1 aromatic rings. The summed E-state index contributed by atoms with van der Waals surface area (Å²) in [5, 5.41) is 3.48. The Labute approximate surface area is 108 Å². The molecule has 1 aliphatic carbocycles. The van der Waals surface area contributed by atoms with Crippen LogP contribution in [0.3, 0.4) is 0 Å². The van der Waals surface area contributed by atoms with Crippen LogP contribution >= 0.6 is 0 Å². The van der Waals surface area contributed by atoms with Gasteiger partial charge in [0.2, 0.25) is 5.91 Å². The number of hydrogen-bond acceptors (Lipinski definition) is 3. The summed E-state index contributed by atoms with van der Waals surface area (Å²) in [4.78, 5) is 10.6. The van der Waals surface area contributed by atoms with E-state index in [0.29, 0.717) is 12.6 Å². The molecule has 4 nitrogen and oxygen atoms in total. The van der Waals surface area contributed by atoms with Crippen molar-refractivity contribution in [1.82, 2.24) is 0 Å². The zero-order valence-corrected chi connectivity index (χ0v) is 10.7. The lowest BCUT2D eigenvalue weighted by Crippen LogP contribution is -2.33. The van der Waals surface area contributed by atoms with Crippen LogP contribution in [-0.2, 0) is 4.79 Å². The molecule has 3 N–H and O–H groups in total. The molecule has 1 aromatic carbocycles. The van der Waals surface area contributed by atoms with E-state index in [1.165, 1.54) is 12.8 Å². The van der Waals surface area contributed by atoms with Crippen LogP contribution in [0.5, 0.6) is 5.75 Å². The van der Waals surface area contributed by atoms with Crippen LogP contribution in [0.4, 0.5) is 5.69 Å². The summed E-state index contributed by atoms with van der Waals surface area (Å²) in [6.45, 7) is 2.61. The lowest BCUT2D eigenvalue weighted by Gasteiger charge is -2.34. The van der Waals surface area contributed by atoms with Gasteiger partial charge in [-0.3, -0.25) is 4.79 Å². The highest BCUT2D eigenvalue weighted by atomic mass is 16.5. The van der Waals surface area contributed by atoms with Crippen molar-refractivity contribution >= 4 is 11.6 Å². The van der Waals surface area contributed by atoms with E-state index in [0.717, 1.165) is 17.4 Å². The number of amides is 1. The first-order valence-corrected chi connectivity index (χ1v) is 6.41. The summed E-state index contributed by atoms with van der Waals surface area (Å²) < 4.78 is 5.41. The maximum absolute atomic E-state index is 10.6. The predicted molar refractivity (Wildman–Crippen MR) is 71.6 cm³/mol. The maximum atomic E-state index is 10.6. The first-order chi connectivity index (χ1) is 8.63. The number of benzene rings is 1. The lowest BCUT2D eigenvalue weighted by molar-refractivity contribution is -0.118. The number of carbonyl (C=O) groups is 1. The highest BCUT2D eigenvalue weighted by molar-refractivity contribution is 5.73. The molecule has 2 rings (SSSR count). The number of nitrogens with two attached hydrogens (primary N) is 1. The minimum absolute atomic E-state index is 0.250. The molecule has 0 spiro atoms. The van der Waals surface area contributed by atoms with Gasteiger partial charge in [0.25, 0.3) is 0 Å². The summed E-state index contributed by atoms with van der Waals surface area (Å²) in [7, 11) is 0. The fourth-order valence-electron chi connectivity index (χ4n) is 2.17. The molecular weight excluding hydrogens is 228 g/mol. The van der Waals surface area contributed by atoms with Crippen LogP contribution in [0.15, 0.2) is 24.3 Å². The molecule has 0 saturated heterocycles. The molecule has 0 aliphatic heterocycles. The van der Waals surface area contributed by atoms with Crippen molar-refractivity contribution < 1.29 is 9.53 Å². The van der Waals surface area contributed by atoms with E-state index < -0.39 is 0 Å². The topological polar surface area (TPSA) is 64.3 Å². The van der Waals surface area contributed by atoms with Gasteiger partial charge in [0, 0.05) is 11.7 Å². The first-order valence-electron chi connectivity index (χ1n) is 6.41. The van der Waals surface area contributed by atoms with Gasteiger partial charge in [-0.1, -0.05) is 6.92 Å². The highest BCUT2D eigenvalue weighted by Crippen LogP contribution is 2.29. The third kappa shape index (κ3) is 3.65. The Kier molecular flexibility index (Phi) is 4.07. The molecule has 0 bridgehead atoms. The second kappa shape index (κ2) is 5.76. The van der Waals surface area contributed by atoms with Gasteiger partial charge in [0.1, 0.15) is 5.75 Å². The van der Waals surface area contributed by atoms with Gasteiger partial charge < -0.3 is 15.8 Å². The van der Waals surface area contributed by atoms with Crippen LogP contribution in [0.25, 0.3) is 0 Å². The Morgan fingerprint density at radius 3 is 2.61 bits per heavy atom. The van der Waals surface area contributed by atoms with Gasteiger partial charge in [-0.05, 0) is 43.0 Å². The molecule has 0 unspecified atom stereocenters. The summed E-state index contributed by atoms with van der Waals surface area (Å²) >= 11 is 0. The molecule has 0 atom stereocenters. The van der Waals surface area contributed by atoms with Crippen molar-refractivity contribution in [3.8, 4) is 5.75 Å². The largest absolute Gasteiger partial charge is 0.493 e. The SMILES string of the molecule is CC1CC(Nc2ccc(OCCC(N)=O)cc2)C1. The molecule has 18 heavy (non-hydrogen) atoms. The first kappa shape index (κ1) is 12.7. The zero-order chi connectivity index (χ0) is 13.0. The van der Waals surface area contributed by atoms with Gasteiger partial charge >= 0.3 is 0 Å². The summed E-state index contributed by atoms with van der Waals surface area (Å²) in [6.07, 6.45) is 2.74. The van der Waals surface area contributed by atoms with Crippen LogP contribution < -0.4 is 15.8 Å². The number of nitrogens with one attached hydrogen (secondary N) is 1. The van der Waals surface area contributed by atoms with E-state index in [-0.39, 0.29) is 12.3 Å². The summed E-state index contributed by atoms with van der Waals surface area (Å²) in [5.41, 5.74) is 6.16. The molecule has 1 fully saturated rings. The number of carbonyl (C=O) groups excluding carboxylic acids is 1. The molecule has 1 saturated carbocycles. The van der Waals surface area contributed by atoms with Crippen molar-refractivity contribution in [3.05, 3.63) is 24.3 Å². The highest BCUT2D eigenvalue weighted by Gasteiger charge is 2.24. The van der Waals surface area contributed by atoms with E-state index in [1.54, 1.807) is 0 Å². The van der Waals surface area contributed by atoms with Crippen LogP contribution in [0, 0.1) is 5.92 Å². The van der Waals surface area contributed by atoms with Crippen LogP contribution in [0.1, 0.15) is 26.2 Å². The van der Waals surface area contributed by atoms with Gasteiger partial charge in [0.05, 0.1) is 13.0 Å². The van der Waals surface area contributed by atoms with Gasteiger partial charge in [-0.15, -0.1) is 0 Å².